The van der Waals surface area contributed by atoms with Crippen LogP contribution in [0.5, 0.6) is 0 Å². The van der Waals surface area contributed by atoms with Crippen LogP contribution in [0.3, 0.4) is 0 Å². The van der Waals surface area contributed by atoms with Crippen LogP contribution in [-0.2, 0) is 28.9 Å². The molecule has 280 valence electrons. The number of unbranched alkanes of at least 4 members (excludes halogenated alkanes) is 10. The molecule has 14 heteroatoms. The average Bonchev–Trinajstić information content (AvgIpc) is 3.05. The fourth-order valence-corrected chi connectivity index (χ4v) is 5.61. The molecule has 0 bridgehead atoms. The molecule has 1 rings (SSSR count). The number of hydrogen-bond donors (Lipinski definition) is 7. The summed E-state index contributed by atoms with van der Waals surface area (Å²) < 4.78 is 47.0. The molecule has 0 aliphatic carbocycles. The van der Waals surface area contributed by atoms with Gasteiger partial charge in [0.15, 0.2) is 6.29 Å². The highest BCUT2D eigenvalue weighted by molar-refractivity contribution is 7.80. The second-order valence-electron chi connectivity index (χ2n) is 12.2. The van der Waals surface area contributed by atoms with Crippen molar-refractivity contribution in [3.05, 3.63) is 36.5 Å². The zero-order valence-electron chi connectivity index (χ0n) is 28.6. The van der Waals surface area contributed by atoms with Crippen LogP contribution in [-0.4, -0.2) is 107 Å². The lowest BCUT2D eigenvalue weighted by atomic mass is 9.99. The summed E-state index contributed by atoms with van der Waals surface area (Å²) in [5, 5.41) is 54.5. The van der Waals surface area contributed by atoms with Crippen LogP contribution >= 0.6 is 0 Å². The molecule has 0 spiro atoms. The lowest BCUT2D eigenvalue weighted by Crippen LogP contribution is -2.61. The summed E-state index contributed by atoms with van der Waals surface area (Å²) in [6.07, 6.45) is 14.3. The van der Waals surface area contributed by atoms with Crippen LogP contribution in [0.1, 0.15) is 110 Å². The van der Waals surface area contributed by atoms with Gasteiger partial charge in [-0.05, 0) is 51.4 Å². The number of rotatable bonds is 27. The van der Waals surface area contributed by atoms with Gasteiger partial charge in [-0.3, -0.25) is 9.35 Å². The summed E-state index contributed by atoms with van der Waals surface area (Å²) in [5.74, 6) is -0.730. The first kappa shape index (κ1) is 44.3. The SMILES string of the molecule is CCCC/C=C/CC/C=C/C(O)C(COC1OC(CO)C(O)C(OS(=O)(=O)O)C1O)NC(=O)C(O)CCCCCC/C=C\CCCCC. The van der Waals surface area contributed by atoms with Gasteiger partial charge in [-0.15, -0.1) is 0 Å². The lowest BCUT2D eigenvalue weighted by molar-refractivity contribution is -0.298. The number of amides is 1. The molecule has 0 aromatic carbocycles. The third kappa shape index (κ3) is 19.5. The molecule has 48 heavy (non-hydrogen) atoms. The maximum atomic E-state index is 12.9. The van der Waals surface area contributed by atoms with Crippen LogP contribution in [0.15, 0.2) is 36.5 Å². The molecule has 1 aliphatic heterocycles. The minimum Gasteiger partial charge on any atom is -0.394 e. The highest BCUT2D eigenvalue weighted by atomic mass is 32.3. The molecule has 0 radical (unpaired) electrons. The monoisotopic (exact) mass is 707 g/mol. The number of carbonyl (C=O) groups excluding carboxylic acids is 1. The molecule has 8 unspecified atom stereocenters. The molecule has 13 nitrogen and oxygen atoms in total. The van der Waals surface area contributed by atoms with Crippen LogP contribution < -0.4 is 5.32 Å². The van der Waals surface area contributed by atoms with Crippen molar-refractivity contribution in [1.82, 2.24) is 5.32 Å². The molecule has 7 N–H and O–H groups in total. The van der Waals surface area contributed by atoms with Crippen molar-refractivity contribution in [3.8, 4) is 0 Å². The summed E-state index contributed by atoms with van der Waals surface area (Å²) in [6.45, 7) is 3.01. The van der Waals surface area contributed by atoms with Crippen molar-refractivity contribution < 1.29 is 57.0 Å². The topological polar surface area (TPSA) is 212 Å². The van der Waals surface area contributed by atoms with E-state index in [1.54, 1.807) is 6.08 Å². The molecule has 1 amide bonds. The van der Waals surface area contributed by atoms with Gasteiger partial charge in [0.25, 0.3) is 0 Å². The van der Waals surface area contributed by atoms with Gasteiger partial charge in [0.2, 0.25) is 5.91 Å². The minimum atomic E-state index is -5.11. The third-order valence-corrected chi connectivity index (χ3v) is 8.47. The molecule has 1 saturated heterocycles. The van der Waals surface area contributed by atoms with Gasteiger partial charge in [0.05, 0.1) is 25.4 Å². The maximum absolute atomic E-state index is 12.9. The fourth-order valence-electron chi connectivity index (χ4n) is 5.10. The van der Waals surface area contributed by atoms with Crippen molar-refractivity contribution in [3.63, 3.8) is 0 Å². The second-order valence-corrected chi connectivity index (χ2v) is 13.3. The van der Waals surface area contributed by atoms with E-state index in [2.05, 4.69) is 47.7 Å². The Morgan fingerprint density at radius 3 is 2.04 bits per heavy atom. The van der Waals surface area contributed by atoms with Gasteiger partial charge in [0, 0.05) is 0 Å². The predicted octanol–water partition coefficient (Wildman–Crippen LogP) is 3.40. The Morgan fingerprint density at radius 2 is 1.42 bits per heavy atom. The van der Waals surface area contributed by atoms with Crippen molar-refractivity contribution in [1.29, 1.82) is 0 Å². The van der Waals surface area contributed by atoms with Crippen LogP contribution in [0.25, 0.3) is 0 Å². The zero-order chi connectivity index (χ0) is 35.8. The molecule has 0 aromatic heterocycles. The Balaban J connectivity index is 2.78. The highest BCUT2D eigenvalue weighted by Gasteiger charge is 2.48. The van der Waals surface area contributed by atoms with E-state index in [1.807, 2.05) is 0 Å². The Hall–Kier alpha value is -1.72. The number of hydrogen-bond acceptors (Lipinski definition) is 11. The number of nitrogens with one attached hydrogen (secondary N) is 1. The zero-order valence-corrected chi connectivity index (χ0v) is 29.5. The van der Waals surface area contributed by atoms with E-state index < -0.39 is 78.5 Å². The fraction of sp³-hybridized carbons (Fsp3) is 0.794. The van der Waals surface area contributed by atoms with E-state index in [-0.39, 0.29) is 6.42 Å². The van der Waals surface area contributed by atoms with E-state index >= 15 is 0 Å². The van der Waals surface area contributed by atoms with E-state index in [1.165, 1.54) is 25.3 Å². The van der Waals surface area contributed by atoms with Crippen LogP contribution in [0.2, 0.25) is 0 Å². The summed E-state index contributed by atoms with van der Waals surface area (Å²) in [6, 6.07) is -1.14. The number of carbonyl (C=O) groups is 1. The molecule has 0 aromatic rings. The van der Waals surface area contributed by atoms with Crippen molar-refractivity contribution in [2.45, 2.75) is 159 Å². The number of ether oxygens (including phenoxy) is 2. The smallest absolute Gasteiger partial charge is 0.394 e. The van der Waals surface area contributed by atoms with E-state index in [0.717, 1.165) is 57.8 Å². The third-order valence-electron chi connectivity index (χ3n) is 8.00. The average molecular weight is 708 g/mol. The normalized spacial score (nSPS) is 24.0. The van der Waals surface area contributed by atoms with Gasteiger partial charge < -0.3 is 40.3 Å². The first-order chi connectivity index (χ1) is 22.9. The second kappa shape index (κ2) is 26.1. The quantitative estimate of drug-likeness (QED) is 0.0372. The van der Waals surface area contributed by atoms with E-state index in [4.69, 9.17) is 14.0 Å². The van der Waals surface area contributed by atoms with Crippen molar-refractivity contribution >= 4 is 16.3 Å². The number of aliphatic hydroxyl groups is 5. The molecule has 1 aliphatic rings. The Morgan fingerprint density at radius 1 is 0.833 bits per heavy atom. The summed E-state index contributed by atoms with van der Waals surface area (Å²) in [5.41, 5.74) is 0. The molecular formula is C34H61NO12S. The summed E-state index contributed by atoms with van der Waals surface area (Å²) >= 11 is 0. The minimum absolute atomic E-state index is 0.220. The maximum Gasteiger partial charge on any atom is 0.397 e. The first-order valence-electron chi connectivity index (χ1n) is 17.5. The Labute approximate surface area is 287 Å². The first-order valence-corrected chi connectivity index (χ1v) is 18.8. The molecule has 1 heterocycles. The van der Waals surface area contributed by atoms with Crippen LogP contribution in [0.4, 0.5) is 0 Å². The van der Waals surface area contributed by atoms with Gasteiger partial charge in [0.1, 0.15) is 30.5 Å². The van der Waals surface area contributed by atoms with Gasteiger partial charge in [-0.2, -0.15) is 8.42 Å². The predicted molar refractivity (Wildman–Crippen MR) is 182 cm³/mol. The molecule has 0 saturated carbocycles. The number of allylic oxidation sites excluding steroid dienone is 5. The van der Waals surface area contributed by atoms with Gasteiger partial charge in [-0.25, -0.2) is 4.18 Å². The van der Waals surface area contributed by atoms with E-state index in [0.29, 0.717) is 12.8 Å². The number of aliphatic hydroxyl groups excluding tert-OH is 5. The molecule has 1 fully saturated rings. The Bertz CT molecular complexity index is 1040. The van der Waals surface area contributed by atoms with E-state index in [9.17, 15) is 38.7 Å². The largest absolute Gasteiger partial charge is 0.397 e. The lowest BCUT2D eigenvalue weighted by Gasteiger charge is -2.41. The van der Waals surface area contributed by atoms with Gasteiger partial charge in [-0.1, -0.05) is 95.2 Å². The van der Waals surface area contributed by atoms with Crippen LogP contribution in [0, 0.1) is 0 Å². The summed E-state index contributed by atoms with van der Waals surface area (Å²) in [7, 11) is -5.11. The van der Waals surface area contributed by atoms with Crippen molar-refractivity contribution in [2.24, 2.45) is 0 Å². The summed E-state index contributed by atoms with van der Waals surface area (Å²) in [4.78, 5) is 12.9. The Kier molecular flexibility index (Phi) is 24.1. The molecule has 8 atom stereocenters. The molecular weight excluding hydrogens is 646 g/mol. The standard InChI is InChI=1S/C34H61NO12S/c1-3-5-7-9-11-13-14-15-17-19-21-23-28(38)33(41)35-26(27(37)22-20-18-16-12-10-8-6-4-2)25-45-34-31(40)32(47-48(42,43)44)30(39)29(24-36)46-34/h10-13,20,22,26-32,34,36-40H,3-9,14-19,21,23-25H2,1-2H3,(H,35,41)(H,42,43,44)/b12-10+,13-11-,22-20+. The van der Waals surface area contributed by atoms with Crippen molar-refractivity contribution in [2.75, 3.05) is 13.2 Å². The highest BCUT2D eigenvalue weighted by Crippen LogP contribution is 2.26. The van der Waals surface area contributed by atoms with Gasteiger partial charge >= 0.3 is 10.4 Å².